The molecule has 0 amide bonds. The molecule has 0 aromatic heterocycles. The predicted octanol–water partition coefficient (Wildman–Crippen LogP) is 1.58. The maximum atomic E-state index is 11.8. The van der Waals surface area contributed by atoms with Crippen molar-refractivity contribution in [3.05, 3.63) is 0 Å². The average molecular weight is 414 g/mol. The Labute approximate surface area is 201 Å². The van der Waals surface area contributed by atoms with Crippen LogP contribution in [0.5, 0.6) is 0 Å². The van der Waals surface area contributed by atoms with Gasteiger partial charge in [0.2, 0.25) is 0 Å². The van der Waals surface area contributed by atoms with E-state index in [0.29, 0.717) is 12.8 Å². The van der Waals surface area contributed by atoms with Gasteiger partial charge in [0.25, 0.3) is 10.1 Å². The van der Waals surface area contributed by atoms with Gasteiger partial charge < -0.3 is 9.47 Å². The zero-order valence-corrected chi connectivity index (χ0v) is 15.5. The average Bonchev–Trinajstić information content (AvgIpc) is 2.51. The zero-order valence-electron chi connectivity index (χ0n) is 14.7. The van der Waals surface area contributed by atoms with Crippen LogP contribution < -0.4 is 0 Å². The second-order valence-electron chi connectivity index (χ2n) is 5.72. The summed E-state index contributed by atoms with van der Waals surface area (Å²) in [5.74, 6) is -1.95. The fourth-order valence-corrected chi connectivity index (χ4v) is 2.69. The van der Waals surface area contributed by atoms with E-state index in [2.05, 4.69) is 6.92 Å². The Morgan fingerprint density at radius 1 is 0.846 bits per heavy atom. The number of rotatable bonds is 14. The van der Waals surface area contributed by atoms with Crippen molar-refractivity contribution < 1.29 is 32.0 Å². The third-order valence-electron chi connectivity index (χ3n) is 3.48. The second kappa shape index (κ2) is 19.2. The molecular weight excluding hydrogens is 382 g/mol. The van der Waals surface area contributed by atoms with Crippen LogP contribution in [-0.2, 0) is 29.2 Å². The van der Waals surface area contributed by atoms with E-state index in [4.69, 9.17) is 14.0 Å². The van der Waals surface area contributed by atoms with Crippen molar-refractivity contribution in [2.45, 2.75) is 76.9 Å². The van der Waals surface area contributed by atoms with Gasteiger partial charge in [-0.2, -0.15) is 8.42 Å². The molecule has 1 unspecified atom stereocenters. The van der Waals surface area contributed by atoms with E-state index in [9.17, 15) is 18.0 Å². The molecular formula is C16H32Na2O7S. The molecule has 1 N–H and O–H groups in total. The SMILES string of the molecule is CCCCCCOC(=O)CC(C(=O)OCCCCCC)S(=O)(=O)O.[NaH].[NaH]. The summed E-state index contributed by atoms with van der Waals surface area (Å²) in [6.45, 7) is 4.32. The van der Waals surface area contributed by atoms with E-state index in [1.807, 2.05) is 6.92 Å². The van der Waals surface area contributed by atoms with E-state index >= 15 is 0 Å². The third-order valence-corrected chi connectivity index (χ3v) is 4.56. The van der Waals surface area contributed by atoms with Crippen molar-refractivity contribution in [1.82, 2.24) is 0 Å². The number of carbonyl (C=O) groups is 2. The molecule has 0 heterocycles. The van der Waals surface area contributed by atoms with Crippen molar-refractivity contribution in [2.24, 2.45) is 0 Å². The zero-order chi connectivity index (χ0) is 18.4. The molecule has 0 fully saturated rings. The molecule has 0 bridgehead atoms. The van der Waals surface area contributed by atoms with Crippen molar-refractivity contribution in [2.75, 3.05) is 13.2 Å². The first-order valence-corrected chi connectivity index (χ1v) is 10.1. The van der Waals surface area contributed by atoms with Crippen molar-refractivity contribution in [1.29, 1.82) is 0 Å². The predicted molar refractivity (Wildman–Crippen MR) is 104 cm³/mol. The van der Waals surface area contributed by atoms with Gasteiger partial charge in [-0.15, -0.1) is 0 Å². The van der Waals surface area contributed by atoms with Gasteiger partial charge in [0.15, 0.2) is 5.25 Å². The molecule has 0 aliphatic carbocycles. The Morgan fingerprint density at radius 2 is 1.31 bits per heavy atom. The third kappa shape index (κ3) is 17.0. The molecule has 1 atom stereocenters. The summed E-state index contributed by atoms with van der Waals surface area (Å²) in [6, 6.07) is 0. The molecule has 0 aliphatic rings. The van der Waals surface area contributed by atoms with Crippen LogP contribution in [0.2, 0.25) is 0 Å². The molecule has 0 aliphatic heterocycles. The normalized spacial score (nSPS) is 11.7. The molecule has 0 aromatic rings. The second-order valence-corrected chi connectivity index (χ2v) is 7.32. The maximum absolute atomic E-state index is 11.8. The minimum absolute atomic E-state index is 0. The summed E-state index contributed by atoms with van der Waals surface area (Å²) in [4.78, 5) is 23.5. The van der Waals surface area contributed by atoms with Crippen LogP contribution in [0.3, 0.4) is 0 Å². The van der Waals surface area contributed by atoms with Gasteiger partial charge in [0, 0.05) is 0 Å². The summed E-state index contributed by atoms with van der Waals surface area (Å²) in [6.07, 6.45) is 6.40. The quantitative estimate of drug-likeness (QED) is 0.199. The number of ether oxygens (including phenoxy) is 2. The Kier molecular flexibility index (Phi) is 23.3. The van der Waals surface area contributed by atoms with E-state index in [0.717, 1.165) is 38.5 Å². The van der Waals surface area contributed by atoms with Gasteiger partial charge in [-0.3, -0.25) is 14.1 Å². The molecule has 7 nitrogen and oxygen atoms in total. The van der Waals surface area contributed by atoms with Crippen molar-refractivity contribution >= 4 is 81.2 Å². The Hall–Kier alpha value is 0.850. The fraction of sp³-hybridized carbons (Fsp3) is 0.875. The van der Waals surface area contributed by atoms with Gasteiger partial charge in [-0.05, 0) is 12.8 Å². The van der Waals surface area contributed by atoms with Gasteiger partial charge in [-0.1, -0.05) is 52.4 Å². The molecule has 146 valence electrons. The van der Waals surface area contributed by atoms with Crippen LogP contribution in [0.25, 0.3) is 0 Å². The first kappa shape index (κ1) is 31.5. The number of esters is 2. The van der Waals surface area contributed by atoms with Crippen molar-refractivity contribution in [3.8, 4) is 0 Å². The van der Waals surface area contributed by atoms with Gasteiger partial charge in [0.05, 0.1) is 19.6 Å². The number of carbonyl (C=O) groups excluding carboxylic acids is 2. The molecule has 0 radical (unpaired) electrons. The molecule has 26 heavy (non-hydrogen) atoms. The van der Waals surface area contributed by atoms with E-state index in [1.165, 1.54) is 0 Å². The molecule has 0 saturated heterocycles. The van der Waals surface area contributed by atoms with Gasteiger partial charge in [0.1, 0.15) is 0 Å². The summed E-state index contributed by atoms with van der Waals surface area (Å²) in [5, 5.41) is -1.92. The van der Waals surface area contributed by atoms with Crippen LogP contribution in [0.1, 0.15) is 71.6 Å². The number of hydrogen-bond donors (Lipinski definition) is 1. The summed E-state index contributed by atoms with van der Waals surface area (Å²) < 4.78 is 41.5. The summed E-state index contributed by atoms with van der Waals surface area (Å²) in [7, 11) is -4.72. The van der Waals surface area contributed by atoms with Gasteiger partial charge in [-0.25, -0.2) is 0 Å². The number of hydrogen-bond acceptors (Lipinski definition) is 6. The molecule has 0 rings (SSSR count). The van der Waals surface area contributed by atoms with Crippen molar-refractivity contribution in [3.63, 3.8) is 0 Å². The first-order chi connectivity index (χ1) is 11.3. The molecule has 0 saturated carbocycles. The molecule has 0 aromatic carbocycles. The fourth-order valence-electron chi connectivity index (χ4n) is 2.03. The Balaban J connectivity index is -0.00000264. The van der Waals surface area contributed by atoms with E-state index in [1.54, 1.807) is 0 Å². The standard InChI is InChI=1S/C16H30O7S.2Na.2H/c1-3-5-7-9-11-22-15(17)13-14(24(19,20)21)16(18)23-12-10-8-6-4-2;;;;/h14H,3-13H2,1-2H3,(H,19,20,21);;;;. The van der Waals surface area contributed by atoms with Crippen LogP contribution in [0.15, 0.2) is 0 Å². The molecule has 0 spiro atoms. The Bertz CT molecular complexity index is 469. The van der Waals surface area contributed by atoms with Crippen LogP contribution in [0, 0.1) is 0 Å². The first-order valence-electron chi connectivity index (χ1n) is 8.61. The van der Waals surface area contributed by atoms with Gasteiger partial charge >= 0.3 is 71.1 Å². The van der Waals surface area contributed by atoms with E-state index in [-0.39, 0.29) is 72.3 Å². The minimum atomic E-state index is -4.72. The summed E-state index contributed by atoms with van der Waals surface area (Å²) >= 11 is 0. The van der Waals surface area contributed by atoms with Crippen LogP contribution >= 0.6 is 0 Å². The monoisotopic (exact) mass is 414 g/mol. The van der Waals surface area contributed by atoms with Crippen LogP contribution in [-0.4, -0.2) is 102 Å². The van der Waals surface area contributed by atoms with Crippen LogP contribution in [0.4, 0.5) is 0 Å². The topological polar surface area (TPSA) is 107 Å². The number of unbranched alkanes of at least 4 members (excludes halogenated alkanes) is 6. The molecule has 10 heteroatoms. The van der Waals surface area contributed by atoms with E-state index < -0.39 is 33.7 Å². The Morgan fingerprint density at radius 3 is 1.73 bits per heavy atom. The summed E-state index contributed by atoms with van der Waals surface area (Å²) in [5.41, 5.74) is 0.